The van der Waals surface area contributed by atoms with E-state index in [1.165, 1.54) is 0 Å². The lowest BCUT2D eigenvalue weighted by atomic mass is 9.80. The zero-order valence-electron chi connectivity index (χ0n) is 8.91. The van der Waals surface area contributed by atoms with Crippen molar-refractivity contribution in [3.05, 3.63) is 18.0 Å². The van der Waals surface area contributed by atoms with Crippen LogP contribution >= 0.6 is 0 Å². The number of nitrogens with two attached hydrogens (primary N) is 1. The molecule has 0 aliphatic carbocycles. The van der Waals surface area contributed by atoms with Gasteiger partial charge in [-0.1, -0.05) is 20.8 Å². The summed E-state index contributed by atoms with van der Waals surface area (Å²) in [6, 6.07) is 0. The van der Waals surface area contributed by atoms with Crippen LogP contribution < -0.4 is 5.73 Å². The molecule has 0 saturated carbocycles. The van der Waals surface area contributed by atoms with Gasteiger partial charge in [-0.25, -0.2) is 0 Å². The molecule has 0 aliphatic heterocycles. The van der Waals surface area contributed by atoms with E-state index in [-0.39, 0.29) is 5.54 Å². The summed E-state index contributed by atoms with van der Waals surface area (Å²) in [6.07, 6.45) is 4.81. The first kappa shape index (κ1) is 10.3. The summed E-state index contributed by atoms with van der Waals surface area (Å²) >= 11 is 0. The fourth-order valence-corrected chi connectivity index (χ4v) is 1.61. The van der Waals surface area contributed by atoms with Gasteiger partial charge in [-0.3, -0.25) is 4.68 Å². The van der Waals surface area contributed by atoms with E-state index in [0.717, 1.165) is 12.0 Å². The number of nitrogens with zero attached hydrogens (tertiary/aromatic N) is 2. The van der Waals surface area contributed by atoms with Crippen LogP contribution in [-0.4, -0.2) is 9.78 Å². The minimum absolute atomic E-state index is 0.228. The molecule has 1 aromatic rings. The van der Waals surface area contributed by atoms with E-state index in [1.54, 1.807) is 4.68 Å². The first-order chi connectivity index (χ1) is 6.00. The summed E-state index contributed by atoms with van der Waals surface area (Å²) in [4.78, 5) is 0. The Morgan fingerprint density at radius 2 is 2.23 bits per heavy atom. The zero-order chi connectivity index (χ0) is 10.1. The lowest BCUT2D eigenvalue weighted by Gasteiger charge is -2.31. The molecule has 1 atom stereocenters. The predicted molar refractivity (Wildman–Crippen MR) is 54.2 cm³/mol. The third-order valence-electron chi connectivity index (χ3n) is 2.86. The van der Waals surface area contributed by atoms with Crippen LogP contribution in [0.4, 0.5) is 0 Å². The summed E-state index contributed by atoms with van der Waals surface area (Å²) in [5, 5.41) is 4.15. The normalized spacial score (nSPS) is 16.2. The summed E-state index contributed by atoms with van der Waals surface area (Å²) in [5.41, 5.74) is 7.23. The number of aromatic nitrogens is 2. The van der Waals surface area contributed by atoms with Crippen molar-refractivity contribution < 1.29 is 0 Å². The molecule has 0 amide bonds. The van der Waals surface area contributed by atoms with Crippen molar-refractivity contribution in [3.63, 3.8) is 0 Å². The molecule has 3 nitrogen and oxygen atoms in total. The third kappa shape index (κ3) is 1.75. The second-order valence-corrected chi connectivity index (χ2v) is 3.95. The van der Waals surface area contributed by atoms with Crippen LogP contribution in [-0.2, 0) is 12.6 Å². The van der Waals surface area contributed by atoms with Crippen molar-refractivity contribution in [1.29, 1.82) is 0 Å². The van der Waals surface area contributed by atoms with E-state index in [9.17, 15) is 0 Å². The fraction of sp³-hybridized carbons (Fsp3) is 0.700. The van der Waals surface area contributed by atoms with Gasteiger partial charge in [0.2, 0.25) is 0 Å². The quantitative estimate of drug-likeness (QED) is 0.770. The average molecular weight is 181 g/mol. The average Bonchev–Trinajstić information content (AvgIpc) is 2.50. The maximum Gasteiger partial charge on any atom is 0.0540 e. The second kappa shape index (κ2) is 3.50. The molecule has 0 saturated heterocycles. The molecule has 13 heavy (non-hydrogen) atoms. The van der Waals surface area contributed by atoms with Gasteiger partial charge >= 0.3 is 0 Å². The first-order valence-corrected chi connectivity index (χ1v) is 4.78. The molecule has 0 fully saturated rings. The van der Waals surface area contributed by atoms with E-state index in [4.69, 9.17) is 5.73 Å². The SMILES string of the molecule is CCC(N)(c1cnn(C)c1)C(C)C. The molecule has 2 N–H and O–H groups in total. The topological polar surface area (TPSA) is 43.8 Å². The number of hydrogen-bond acceptors (Lipinski definition) is 2. The van der Waals surface area contributed by atoms with Gasteiger partial charge in [-0.05, 0) is 12.3 Å². The second-order valence-electron chi connectivity index (χ2n) is 3.95. The predicted octanol–water partition coefficient (Wildman–Crippen LogP) is 1.64. The smallest absolute Gasteiger partial charge is 0.0540 e. The van der Waals surface area contributed by atoms with E-state index < -0.39 is 0 Å². The Bertz CT molecular complexity index is 277. The van der Waals surface area contributed by atoms with Crippen LogP contribution in [0.2, 0.25) is 0 Å². The van der Waals surface area contributed by atoms with Crippen molar-refractivity contribution in [2.45, 2.75) is 32.7 Å². The van der Waals surface area contributed by atoms with Crippen molar-refractivity contribution >= 4 is 0 Å². The Balaban J connectivity index is 3.02. The Kier molecular flexibility index (Phi) is 2.76. The molecular weight excluding hydrogens is 162 g/mol. The molecule has 74 valence electrons. The number of rotatable bonds is 3. The molecule has 0 radical (unpaired) electrons. The molecule has 0 spiro atoms. The molecule has 1 rings (SSSR count). The third-order valence-corrected chi connectivity index (χ3v) is 2.86. The highest BCUT2D eigenvalue weighted by molar-refractivity contribution is 5.18. The van der Waals surface area contributed by atoms with Crippen LogP contribution in [0.25, 0.3) is 0 Å². The van der Waals surface area contributed by atoms with Gasteiger partial charge in [-0.15, -0.1) is 0 Å². The van der Waals surface area contributed by atoms with Gasteiger partial charge in [0.15, 0.2) is 0 Å². The van der Waals surface area contributed by atoms with Crippen LogP contribution in [0.15, 0.2) is 12.4 Å². The fourth-order valence-electron chi connectivity index (χ4n) is 1.61. The minimum atomic E-state index is -0.228. The lowest BCUT2D eigenvalue weighted by molar-refractivity contribution is 0.306. The van der Waals surface area contributed by atoms with Gasteiger partial charge in [0.1, 0.15) is 0 Å². The van der Waals surface area contributed by atoms with Gasteiger partial charge in [0.05, 0.1) is 6.20 Å². The summed E-state index contributed by atoms with van der Waals surface area (Å²) in [7, 11) is 1.92. The van der Waals surface area contributed by atoms with Gasteiger partial charge in [0.25, 0.3) is 0 Å². The minimum Gasteiger partial charge on any atom is -0.321 e. The Hall–Kier alpha value is -0.830. The van der Waals surface area contributed by atoms with Crippen molar-refractivity contribution in [2.24, 2.45) is 18.7 Å². The van der Waals surface area contributed by atoms with Crippen molar-refractivity contribution in [1.82, 2.24) is 9.78 Å². The highest BCUT2D eigenvalue weighted by atomic mass is 15.2. The molecule has 0 aromatic carbocycles. The lowest BCUT2D eigenvalue weighted by Crippen LogP contribution is -2.40. The maximum atomic E-state index is 6.32. The van der Waals surface area contributed by atoms with Crippen LogP contribution in [0.1, 0.15) is 32.8 Å². The molecule has 0 aliphatic rings. The van der Waals surface area contributed by atoms with Crippen LogP contribution in [0.3, 0.4) is 0 Å². The van der Waals surface area contributed by atoms with E-state index in [0.29, 0.717) is 5.92 Å². The monoisotopic (exact) mass is 181 g/mol. The largest absolute Gasteiger partial charge is 0.321 e. The van der Waals surface area contributed by atoms with Crippen molar-refractivity contribution in [3.8, 4) is 0 Å². The highest BCUT2D eigenvalue weighted by Crippen LogP contribution is 2.29. The van der Waals surface area contributed by atoms with Crippen LogP contribution in [0, 0.1) is 5.92 Å². The Labute approximate surface area is 79.9 Å². The maximum absolute atomic E-state index is 6.32. The number of aryl methyl sites for hydroxylation is 1. The Morgan fingerprint density at radius 3 is 2.54 bits per heavy atom. The molecule has 0 bridgehead atoms. The molecule has 1 aromatic heterocycles. The van der Waals surface area contributed by atoms with E-state index >= 15 is 0 Å². The van der Waals surface area contributed by atoms with Gasteiger partial charge in [-0.2, -0.15) is 5.10 Å². The molecular formula is C10H19N3. The molecule has 1 unspecified atom stereocenters. The van der Waals surface area contributed by atoms with Crippen molar-refractivity contribution in [2.75, 3.05) is 0 Å². The summed E-state index contributed by atoms with van der Waals surface area (Å²) in [5.74, 6) is 0.432. The Morgan fingerprint density at radius 1 is 1.62 bits per heavy atom. The highest BCUT2D eigenvalue weighted by Gasteiger charge is 2.30. The summed E-state index contributed by atoms with van der Waals surface area (Å²) in [6.45, 7) is 6.42. The number of hydrogen-bond donors (Lipinski definition) is 1. The molecule has 3 heteroatoms. The van der Waals surface area contributed by atoms with E-state index in [2.05, 4.69) is 25.9 Å². The van der Waals surface area contributed by atoms with Crippen LogP contribution in [0.5, 0.6) is 0 Å². The first-order valence-electron chi connectivity index (χ1n) is 4.78. The zero-order valence-corrected chi connectivity index (χ0v) is 8.91. The van der Waals surface area contributed by atoms with Gasteiger partial charge in [0, 0.05) is 24.3 Å². The standard InChI is InChI=1S/C10H19N3/c1-5-10(11,8(2)3)9-6-12-13(4)7-9/h6-8H,5,11H2,1-4H3. The van der Waals surface area contributed by atoms with Gasteiger partial charge < -0.3 is 5.73 Å². The summed E-state index contributed by atoms with van der Waals surface area (Å²) < 4.78 is 1.80. The van der Waals surface area contributed by atoms with E-state index in [1.807, 2.05) is 19.4 Å². The molecule has 1 heterocycles.